The van der Waals surface area contributed by atoms with Gasteiger partial charge in [-0.1, -0.05) is 0 Å². The van der Waals surface area contributed by atoms with E-state index in [1.54, 1.807) is 0 Å². The van der Waals surface area contributed by atoms with Crippen molar-refractivity contribution in [1.82, 2.24) is 0 Å². The SMILES string of the molecule is NC(c1c(F)cc(F)cc1F)C(F)F. The molecule has 1 unspecified atom stereocenters. The molecule has 0 aliphatic heterocycles. The third-order valence-electron chi connectivity index (χ3n) is 1.65. The Bertz CT molecular complexity index is 315. The summed E-state index contributed by atoms with van der Waals surface area (Å²) >= 11 is 0. The van der Waals surface area contributed by atoms with E-state index < -0.39 is 35.5 Å². The van der Waals surface area contributed by atoms with E-state index in [0.29, 0.717) is 12.1 Å². The van der Waals surface area contributed by atoms with Gasteiger partial charge in [-0.05, 0) is 0 Å². The van der Waals surface area contributed by atoms with Crippen LogP contribution in [-0.2, 0) is 0 Å². The molecule has 1 aromatic carbocycles. The monoisotopic (exact) mass is 211 g/mol. The lowest BCUT2D eigenvalue weighted by Gasteiger charge is -2.12. The molecule has 1 aromatic rings. The average molecular weight is 211 g/mol. The van der Waals surface area contributed by atoms with Crippen LogP contribution in [0.4, 0.5) is 22.0 Å². The van der Waals surface area contributed by atoms with Crippen LogP contribution in [0.2, 0.25) is 0 Å². The fourth-order valence-electron chi connectivity index (χ4n) is 0.998. The summed E-state index contributed by atoms with van der Waals surface area (Å²) in [5.41, 5.74) is 3.84. The Morgan fingerprint density at radius 2 is 1.43 bits per heavy atom. The maximum atomic E-state index is 12.8. The summed E-state index contributed by atoms with van der Waals surface area (Å²) in [7, 11) is 0. The van der Waals surface area contributed by atoms with Gasteiger partial charge in [-0.3, -0.25) is 0 Å². The fraction of sp³-hybridized carbons (Fsp3) is 0.250. The van der Waals surface area contributed by atoms with Gasteiger partial charge in [0.1, 0.15) is 17.5 Å². The van der Waals surface area contributed by atoms with Crippen LogP contribution in [0.5, 0.6) is 0 Å². The topological polar surface area (TPSA) is 26.0 Å². The normalized spacial score (nSPS) is 13.4. The fourth-order valence-corrected chi connectivity index (χ4v) is 0.998. The maximum Gasteiger partial charge on any atom is 0.257 e. The molecule has 1 nitrogen and oxygen atoms in total. The minimum absolute atomic E-state index is 0.306. The molecule has 0 aliphatic rings. The van der Waals surface area contributed by atoms with E-state index in [-0.39, 0.29) is 0 Å². The summed E-state index contributed by atoms with van der Waals surface area (Å²) in [4.78, 5) is 0. The molecular formula is C8H6F5N. The van der Waals surface area contributed by atoms with Gasteiger partial charge in [-0.15, -0.1) is 0 Å². The highest BCUT2D eigenvalue weighted by molar-refractivity contribution is 5.24. The zero-order valence-electron chi connectivity index (χ0n) is 6.78. The van der Waals surface area contributed by atoms with Crippen LogP contribution in [0.25, 0.3) is 0 Å². The summed E-state index contributed by atoms with van der Waals surface area (Å²) in [6.45, 7) is 0. The molecule has 0 aliphatic carbocycles. The van der Waals surface area contributed by atoms with Gasteiger partial charge in [0.25, 0.3) is 6.43 Å². The second kappa shape index (κ2) is 3.91. The molecule has 1 atom stereocenters. The molecule has 0 radical (unpaired) electrons. The highest BCUT2D eigenvalue weighted by Crippen LogP contribution is 2.24. The van der Waals surface area contributed by atoms with Crippen LogP contribution in [0.1, 0.15) is 11.6 Å². The number of rotatable bonds is 2. The first-order valence-electron chi connectivity index (χ1n) is 3.61. The Kier molecular flexibility index (Phi) is 3.05. The van der Waals surface area contributed by atoms with E-state index in [9.17, 15) is 22.0 Å². The molecule has 1 rings (SSSR count). The first kappa shape index (κ1) is 10.9. The van der Waals surface area contributed by atoms with Gasteiger partial charge in [0.15, 0.2) is 0 Å². The smallest absolute Gasteiger partial charge is 0.257 e. The average Bonchev–Trinajstić information content (AvgIpc) is 2.01. The van der Waals surface area contributed by atoms with Gasteiger partial charge in [-0.2, -0.15) is 0 Å². The van der Waals surface area contributed by atoms with Crippen molar-refractivity contribution in [1.29, 1.82) is 0 Å². The van der Waals surface area contributed by atoms with Crippen LogP contribution in [0, 0.1) is 17.5 Å². The molecule has 0 saturated heterocycles. The molecule has 0 spiro atoms. The molecule has 0 aromatic heterocycles. The highest BCUT2D eigenvalue weighted by Gasteiger charge is 2.25. The Morgan fingerprint density at radius 1 is 1.00 bits per heavy atom. The number of halogens is 5. The minimum Gasteiger partial charge on any atom is -0.319 e. The van der Waals surface area contributed by atoms with Crippen LogP contribution < -0.4 is 5.73 Å². The summed E-state index contributed by atoms with van der Waals surface area (Å²) in [5.74, 6) is -3.99. The van der Waals surface area contributed by atoms with E-state index in [1.165, 1.54) is 0 Å². The second-order valence-corrected chi connectivity index (χ2v) is 2.64. The molecule has 0 heterocycles. The first-order chi connectivity index (χ1) is 6.43. The number of benzene rings is 1. The Labute approximate surface area is 76.3 Å². The molecule has 0 amide bonds. The molecule has 2 N–H and O–H groups in total. The van der Waals surface area contributed by atoms with Crippen LogP contribution in [-0.4, -0.2) is 6.43 Å². The zero-order valence-corrected chi connectivity index (χ0v) is 6.78. The van der Waals surface area contributed by atoms with E-state index in [4.69, 9.17) is 5.73 Å². The summed E-state index contributed by atoms with van der Waals surface area (Å²) in [6, 6.07) is -1.48. The third-order valence-corrected chi connectivity index (χ3v) is 1.65. The zero-order chi connectivity index (χ0) is 10.9. The minimum atomic E-state index is -3.11. The van der Waals surface area contributed by atoms with Crippen LogP contribution in [0.3, 0.4) is 0 Å². The molecule has 0 bridgehead atoms. The van der Waals surface area contributed by atoms with Gasteiger partial charge in [0.05, 0.1) is 6.04 Å². The molecule has 0 saturated carbocycles. The van der Waals surface area contributed by atoms with Crippen molar-refractivity contribution in [2.45, 2.75) is 12.5 Å². The Balaban J connectivity index is 3.20. The van der Waals surface area contributed by atoms with Crippen molar-refractivity contribution in [3.63, 3.8) is 0 Å². The maximum absolute atomic E-state index is 12.8. The summed E-state index contributed by atoms with van der Waals surface area (Å²) in [6.07, 6.45) is -3.11. The van der Waals surface area contributed by atoms with Crippen LogP contribution >= 0.6 is 0 Å². The molecule has 78 valence electrons. The van der Waals surface area contributed by atoms with E-state index in [2.05, 4.69) is 0 Å². The quantitative estimate of drug-likeness (QED) is 0.746. The van der Waals surface area contributed by atoms with Gasteiger partial charge >= 0.3 is 0 Å². The lowest BCUT2D eigenvalue weighted by molar-refractivity contribution is 0.113. The van der Waals surface area contributed by atoms with Crippen LogP contribution in [0.15, 0.2) is 12.1 Å². The van der Waals surface area contributed by atoms with Gasteiger partial charge in [-0.25, -0.2) is 22.0 Å². The highest BCUT2D eigenvalue weighted by atomic mass is 19.3. The molecule has 0 fully saturated rings. The summed E-state index contributed by atoms with van der Waals surface area (Å²) in [5, 5.41) is 0. The van der Waals surface area contributed by atoms with Crippen molar-refractivity contribution in [2.75, 3.05) is 0 Å². The van der Waals surface area contributed by atoms with Crippen molar-refractivity contribution in [2.24, 2.45) is 5.73 Å². The van der Waals surface area contributed by atoms with Crippen molar-refractivity contribution < 1.29 is 22.0 Å². The van der Waals surface area contributed by atoms with Gasteiger partial charge < -0.3 is 5.73 Å². The van der Waals surface area contributed by atoms with E-state index in [1.807, 2.05) is 0 Å². The summed E-state index contributed by atoms with van der Waals surface area (Å²) < 4.78 is 62.1. The van der Waals surface area contributed by atoms with Crippen molar-refractivity contribution in [3.05, 3.63) is 35.1 Å². The lowest BCUT2D eigenvalue weighted by atomic mass is 10.1. The number of hydrogen-bond donors (Lipinski definition) is 1. The van der Waals surface area contributed by atoms with Gasteiger partial charge in [0, 0.05) is 17.7 Å². The molecule has 6 heteroatoms. The third kappa shape index (κ3) is 2.01. The predicted molar refractivity (Wildman–Crippen MR) is 39.2 cm³/mol. The lowest BCUT2D eigenvalue weighted by Crippen LogP contribution is -2.22. The van der Waals surface area contributed by atoms with E-state index >= 15 is 0 Å². The predicted octanol–water partition coefficient (Wildman–Crippen LogP) is 2.37. The number of nitrogens with two attached hydrogens (primary N) is 1. The Hall–Kier alpha value is -1.17. The van der Waals surface area contributed by atoms with E-state index in [0.717, 1.165) is 0 Å². The standard InChI is InChI=1S/C8H6F5N/c9-3-1-4(10)6(5(11)2-3)7(14)8(12)13/h1-2,7-8H,14H2. The number of alkyl halides is 2. The van der Waals surface area contributed by atoms with Crippen molar-refractivity contribution in [3.8, 4) is 0 Å². The first-order valence-corrected chi connectivity index (χ1v) is 3.61. The molecular weight excluding hydrogens is 205 g/mol. The second-order valence-electron chi connectivity index (χ2n) is 2.64. The number of hydrogen-bond acceptors (Lipinski definition) is 1. The molecule has 14 heavy (non-hydrogen) atoms. The van der Waals surface area contributed by atoms with Gasteiger partial charge in [0.2, 0.25) is 0 Å². The Morgan fingerprint density at radius 3 is 1.79 bits per heavy atom. The largest absolute Gasteiger partial charge is 0.319 e. The van der Waals surface area contributed by atoms with Crippen molar-refractivity contribution >= 4 is 0 Å².